The second kappa shape index (κ2) is 8.31. The van der Waals surface area contributed by atoms with Gasteiger partial charge < -0.3 is 0 Å². The fourth-order valence-corrected chi connectivity index (χ4v) is 4.12. The van der Waals surface area contributed by atoms with Crippen LogP contribution < -0.4 is 5.01 Å². The van der Waals surface area contributed by atoms with Gasteiger partial charge in [0.2, 0.25) is 5.13 Å². The smallest absolute Gasteiger partial charge is 0.269 e. The van der Waals surface area contributed by atoms with Crippen LogP contribution in [-0.2, 0) is 4.79 Å². The van der Waals surface area contributed by atoms with Gasteiger partial charge in [-0.2, -0.15) is 20.3 Å². The predicted octanol–water partition coefficient (Wildman–Crippen LogP) is 6.75. The number of anilines is 1. The van der Waals surface area contributed by atoms with E-state index in [9.17, 15) is 4.79 Å². The summed E-state index contributed by atoms with van der Waals surface area (Å²) in [5.41, 5.74) is 2.69. The van der Waals surface area contributed by atoms with E-state index in [0.717, 1.165) is 15.7 Å². The minimum atomic E-state index is -0.818. The predicted molar refractivity (Wildman–Crippen MR) is 121 cm³/mol. The molecule has 0 saturated heterocycles. The summed E-state index contributed by atoms with van der Waals surface area (Å²) in [7, 11) is 0. The zero-order valence-electron chi connectivity index (χ0n) is 14.9. The number of rotatable bonds is 4. The van der Waals surface area contributed by atoms with Crippen molar-refractivity contribution in [2.24, 2.45) is 15.3 Å². The number of hydrazone groups is 1. The molecule has 10 heteroatoms. The SMILES string of the molecule is CC1=NN(c2nc(-c3ccc(Br)cc3)cs2)C(=O)C1N=Nc1ccc(Cl)cc1Cl. The van der Waals surface area contributed by atoms with Crippen molar-refractivity contribution < 1.29 is 4.79 Å². The summed E-state index contributed by atoms with van der Waals surface area (Å²) in [6.07, 6.45) is 0. The van der Waals surface area contributed by atoms with Crippen LogP contribution in [0.2, 0.25) is 10.0 Å². The topological polar surface area (TPSA) is 70.3 Å². The lowest BCUT2D eigenvalue weighted by molar-refractivity contribution is -0.117. The third kappa shape index (κ3) is 4.25. The summed E-state index contributed by atoms with van der Waals surface area (Å²) in [6.45, 7) is 1.73. The zero-order valence-corrected chi connectivity index (χ0v) is 18.8. The molecule has 1 atom stereocenters. The van der Waals surface area contributed by atoms with Gasteiger partial charge in [0.15, 0.2) is 6.04 Å². The number of carbonyl (C=O) groups excluding carboxylic acids is 1. The third-order valence-corrected chi connectivity index (χ3v) is 5.98. The summed E-state index contributed by atoms with van der Waals surface area (Å²) in [6, 6.07) is 11.8. The van der Waals surface area contributed by atoms with Crippen LogP contribution in [0.5, 0.6) is 0 Å². The van der Waals surface area contributed by atoms with Gasteiger partial charge in [0.1, 0.15) is 5.69 Å². The fraction of sp³-hybridized carbons (Fsp3) is 0.105. The standard InChI is InChI=1S/C19H12BrCl2N5OS/c1-10-17(25-24-15-7-6-13(21)8-14(15)22)18(28)27(26-10)19-23-16(9-29-19)11-2-4-12(20)5-3-11/h2-9,17H,1H3. The van der Waals surface area contributed by atoms with Crippen molar-refractivity contribution in [3.05, 3.63) is 62.4 Å². The lowest BCUT2D eigenvalue weighted by Crippen LogP contribution is -2.29. The van der Waals surface area contributed by atoms with Crippen LogP contribution in [0.25, 0.3) is 11.3 Å². The summed E-state index contributed by atoms with van der Waals surface area (Å²) in [5.74, 6) is -0.312. The molecule has 2 heterocycles. The van der Waals surface area contributed by atoms with E-state index in [4.69, 9.17) is 23.2 Å². The van der Waals surface area contributed by atoms with Gasteiger partial charge in [0.05, 0.1) is 16.4 Å². The van der Waals surface area contributed by atoms with Crippen molar-refractivity contribution in [2.45, 2.75) is 13.0 Å². The molecule has 0 radical (unpaired) electrons. The lowest BCUT2D eigenvalue weighted by Gasteiger charge is -2.08. The molecule has 29 heavy (non-hydrogen) atoms. The van der Waals surface area contributed by atoms with E-state index in [-0.39, 0.29) is 5.91 Å². The molecule has 0 aliphatic carbocycles. The van der Waals surface area contributed by atoms with Crippen LogP contribution in [-0.4, -0.2) is 22.6 Å². The molecule has 1 aliphatic heterocycles. The van der Waals surface area contributed by atoms with E-state index in [2.05, 4.69) is 36.2 Å². The van der Waals surface area contributed by atoms with Crippen molar-refractivity contribution in [3.63, 3.8) is 0 Å². The highest BCUT2D eigenvalue weighted by Crippen LogP contribution is 2.32. The van der Waals surface area contributed by atoms with E-state index >= 15 is 0 Å². The molecule has 0 bridgehead atoms. The Morgan fingerprint density at radius 2 is 1.93 bits per heavy atom. The molecule has 0 N–H and O–H groups in total. The molecule has 3 aromatic rings. The monoisotopic (exact) mass is 507 g/mol. The van der Waals surface area contributed by atoms with Gasteiger partial charge in [-0.25, -0.2) is 4.98 Å². The average molecular weight is 509 g/mol. The second-order valence-electron chi connectivity index (χ2n) is 6.13. The summed E-state index contributed by atoms with van der Waals surface area (Å²) in [4.78, 5) is 17.4. The molecule has 0 spiro atoms. The second-order valence-corrected chi connectivity index (χ2v) is 8.72. The van der Waals surface area contributed by atoms with E-state index < -0.39 is 6.04 Å². The van der Waals surface area contributed by atoms with Crippen LogP contribution in [0.3, 0.4) is 0 Å². The van der Waals surface area contributed by atoms with Crippen molar-refractivity contribution in [2.75, 3.05) is 5.01 Å². The number of benzene rings is 2. The number of hydrogen-bond acceptors (Lipinski definition) is 6. The maximum Gasteiger partial charge on any atom is 0.282 e. The minimum absolute atomic E-state index is 0.312. The molecular formula is C19H12BrCl2N5OS. The Kier molecular flexibility index (Phi) is 5.78. The first-order valence-electron chi connectivity index (χ1n) is 8.39. The Morgan fingerprint density at radius 1 is 1.17 bits per heavy atom. The number of amides is 1. The summed E-state index contributed by atoms with van der Waals surface area (Å²) >= 11 is 16.7. The minimum Gasteiger partial charge on any atom is -0.269 e. The van der Waals surface area contributed by atoms with E-state index in [1.807, 2.05) is 29.6 Å². The number of nitrogens with zero attached hydrogens (tertiary/aromatic N) is 5. The highest BCUT2D eigenvalue weighted by Gasteiger charge is 2.36. The van der Waals surface area contributed by atoms with Gasteiger partial charge in [-0.15, -0.1) is 11.3 Å². The van der Waals surface area contributed by atoms with E-state index in [1.165, 1.54) is 16.3 Å². The van der Waals surface area contributed by atoms with E-state index in [0.29, 0.717) is 26.6 Å². The van der Waals surface area contributed by atoms with Gasteiger partial charge in [-0.1, -0.05) is 51.3 Å². The molecule has 1 aliphatic rings. The Labute approximate surface area is 189 Å². The van der Waals surface area contributed by atoms with Crippen molar-refractivity contribution in [1.29, 1.82) is 0 Å². The average Bonchev–Trinajstić information content (AvgIpc) is 3.27. The molecule has 1 unspecified atom stereocenters. The van der Waals surface area contributed by atoms with Gasteiger partial charge in [0.25, 0.3) is 5.91 Å². The first kappa shape index (κ1) is 20.2. The van der Waals surface area contributed by atoms with Crippen molar-refractivity contribution in [1.82, 2.24) is 4.98 Å². The Balaban J connectivity index is 1.55. The quantitative estimate of drug-likeness (QED) is 0.365. The fourth-order valence-electron chi connectivity index (χ4n) is 2.62. The summed E-state index contributed by atoms with van der Waals surface area (Å²) < 4.78 is 0.987. The van der Waals surface area contributed by atoms with Gasteiger partial charge in [-0.05, 0) is 37.3 Å². The largest absolute Gasteiger partial charge is 0.282 e. The molecule has 2 aromatic carbocycles. The van der Waals surface area contributed by atoms with Gasteiger partial charge in [-0.3, -0.25) is 4.79 Å². The molecule has 0 fully saturated rings. The maximum atomic E-state index is 12.8. The number of carbonyl (C=O) groups is 1. The number of hydrogen-bond donors (Lipinski definition) is 0. The number of halogens is 3. The molecule has 1 aromatic heterocycles. The Bertz CT molecular complexity index is 1150. The van der Waals surface area contributed by atoms with Crippen LogP contribution in [0, 0.1) is 0 Å². The van der Waals surface area contributed by atoms with Gasteiger partial charge >= 0.3 is 0 Å². The Hall–Kier alpha value is -2.13. The maximum absolute atomic E-state index is 12.8. The van der Waals surface area contributed by atoms with Crippen molar-refractivity contribution in [3.8, 4) is 11.3 Å². The lowest BCUT2D eigenvalue weighted by atomic mass is 10.2. The number of aromatic nitrogens is 1. The van der Waals surface area contributed by atoms with Crippen LogP contribution in [0.4, 0.5) is 10.8 Å². The third-order valence-electron chi connectivity index (χ3n) is 4.10. The molecule has 4 rings (SSSR count). The van der Waals surface area contributed by atoms with E-state index in [1.54, 1.807) is 25.1 Å². The highest BCUT2D eigenvalue weighted by atomic mass is 79.9. The molecule has 6 nitrogen and oxygen atoms in total. The first-order chi connectivity index (χ1) is 13.9. The molecular weight excluding hydrogens is 497 g/mol. The van der Waals surface area contributed by atoms with Crippen LogP contribution in [0.15, 0.2) is 67.6 Å². The van der Waals surface area contributed by atoms with Gasteiger partial charge in [0, 0.05) is 20.4 Å². The van der Waals surface area contributed by atoms with Crippen molar-refractivity contribution >= 4 is 72.9 Å². The molecule has 146 valence electrons. The number of thiazole rings is 1. The van der Waals surface area contributed by atoms with Crippen LogP contribution in [0.1, 0.15) is 6.92 Å². The summed E-state index contributed by atoms with van der Waals surface area (Å²) in [5, 5.41) is 17.1. The highest BCUT2D eigenvalue weighted by molar-refractivity contribution is 9.10. The van der Waals surface area contributed by atoms with Crippen LogP contribution >= 0.6 is 50.5 Å². The Morgan fingerprint density at radius 3 is 2.66 bits per heavy atom. The zero-order chi connectivity index (χ0) is 20.5. The normalized spacial score (nSPS) is 16.7. The number of azo groups is 1. The molecule has 1 amide bonds. The first-order valence-corrected chi connectivity index (χ1v) is 10.8. The molecule has 0 saturated carbocycles.